The summed E-state index contributed by atoms with van der Waals surface area (Å²) in [6.07, 6.45) is 6.23. The third-order valence-corrected chi connectivity index (χ3v) is 8.00. The number of hydrogen-bond acceptors (Lipinski definition) is 9. The van der Waals surface area contributed by atoms with Gasteiger partial charge >= 0.3 is 0 Å². The van der Waals surface area contributed by atoms with Crippen molar-refractivity contribution in [1.29, 1.82) is 0 Å². The summed E-state index contributed by atoms with van der Waals surface area (Å²) in [6, 6.07) is 9.30. The van der Waals surface area contributed by atoms with Gasteiger partial charge in [0.1, 0.15) is 5.75 Å². The van der Waals surface area contributed by atoms with Crippen molar-refractivity contribution < 1.29 is 23.4 Å². The summed E-state index contributed by atoms with van der Waals surface area (Å²) < 4.78 is 24.4. The van der Waals surface area contributed by atoms with E-state index in [4.69, 9.17) is 18.6 Å². The summed E-state index contributed by atoms with van der Waals surface area (Å²) in [5, 5.41) is 7.22. The number of carbonyl (C=O) groups excluding carboxylic acids is 1. The molecule has 3 heterocycles. The number of methoxy groups -OCH3 is 2. The number of imidazole rings is 1. The summed E-state index contributed by atoms with van der Waals surface area (Å²) in [6.45, 7) is 10.3. The SMILES string of the molecule is COc1nc(NCCCn2ccnc2)nc(OC)c1NC(=O)c1ccc(Oc2ccc([Si](C)(C)C)cc2C)o1. The molecule has 0 aliphatic heterocycles. The minimum atomic E-state index is -1.44. The van der Waals surface area contributed by atoms with Gasteiger partial charge in [-0.3, -0.25) is 4.79 Å². The Morgan fingerprint density at radius 1 is 1.08 bits per heavy atom. The first kappa shape index (κ1) is 27.7. The summed E-state index contributed by atoms with van der Waals surface area (Å²) in [5.74, 6) is 1.00. The molecule has 39 heavy (non-hydrogen) atoms. The van der Waals surface area contributed by atoms with E-state index >= 15 is 0 Å². The van der Waals surface area contributed by atoms with Gasteiger partial charge in [0.2, 0.25) is 17.7 Å². The monoisotopic (exact) mass is 550 g/mol. The van der Waals surface area contributed by atoms with Gasteiger partial charge in [0, 0.05) is 31.5 Å². The van der Waals surface area contributed by atoms with E-state index < -0.39 is 14.0 Å². The molecule has 4 rings (SSSR count). The molecule has 1 amide bonds. The first-order valence-corrected chi connectivity index (χ1v) is 16.1. The van der Waals surface area contributed by atoms with Crippen LogP contribution in [0.4, 0.5) is 11.6 Å². The fourth-order valence-corrected chi connectivity index (χ4v) is 5.03. The van der Waals surface area contributed by atoms with Crippen LogP contribution in [0.2, 0.25) is 19.6 Å². The molecule has 0 radical (unpaired) electrons. The predicted molar refractivity (Wildman–Crippen MR) is 151 cm³/mol. The summed E-state index contributed by atoms with van der Waals surface area (Å²) >= 11 is 0. The Hall–Kier alpha value is -4.32. The maximum atomic E-state index is 13.0. The van der Waals surface area contributed by atoms with Crippen LogP contribution >= 0.6 is 0 Å². The van der Waals surface area contributed by atoms with Crippen molar-refractivity contribution in [3.63, 3.8) is 0 Å². The zero-order valence-electron chi connectivity index (χ0n) is 23.1. The number of aromatic nitrogens is 4. The molecule has 0 spiro atoms. The van der Waals surface area contributed by atoms with Crippen molar-refractivity contribution in [2.75, 3.05) is 31.4 Å². The summed E-state index contributed by atoms with van der Waals surface area (Å²) in [7, 11) is 1.47. The Bertz CT molecular complexity index is 1390. The number of benzene rings is 1. The number of amides is 1. The van der Waals surface area contributed by atoms with Crippen LogP contribution in [0.1, 0.15) is 22.5 Å². The maximum absolute atomic E-state index is 13.0. The molecular formula is C27H34N6O5Si. The smallest absolute Gasteiger partial charge is 0.291 e. The number of carbonyl (C=O) groups is 1. The average molecular weight is 551 g/mol. The van der Waals surface area contributed by atoms with E-state index in [0.29, 0.717) is 18.2 Å². The van der Waals surface area contributed by atoms with Crippen molar-refractivity contribution in [1.82, 2.24) is 19.5 Å². The van der Waals surface area contributed by atoms with Gasteiger partial charge in [-0.1, -0.05) is 37.0 Å². The molecule has 2 N–H and O–H groups in total. The van der Waals surface area contributed by atoms with Gasteiger partial charge in [-0.15, -0.1) is 0 Å². The molecule has 0 aliphatic rings. The van der Waals surface area contributed by atoms with Gasteiger partial charge in [0.25, 0.3) is 11.9 Å². The minimum absolute atomic E-state index is 0.0483. The third kappa shape index (κ3) is 6.96. The van der Waals surface area contributed by atoms with E-state index in [0.717, 1.165) is 18.5 Å². The van der Waals surface area contributed by atoms with Gasteiger partial charge in [-0.05, 0) is 31.0 Å². The highest BCUT2D eigenvalue weighted by molar-refractivity contribution is 6.88. The predicted octanol–water partition coefficient (Wildman–Crippen LogP) is 4.68. The highest BCUT2D eigenvalue weighted by Gasteiger charge is 2.22. The largest absolute Gasteiger partial charge is 0.479 e. The van der Waals surface area contributed by atoms with Crippen molar-refractivity contribution in [3.05, 3.63) is 60.4 Å². The van der Waals surface area contributed by atoms with Crippen LogP contribution in [-0.4, -0.2) is 54.3 Å². The standard InChI is InChI=1S/C27H34N6O5Si/c1-18-16-19(39(4,5)6)8-9-20(18)37-22-11-10-21(38-22)24(34)30-23-25(35-2)31-27(32-26(23)36-3)29-12-7-14-33-15-13-28-17-33/h8-11,13,15-17H,7,12,14H2,1-6H3,(H,30,34)(H,29,31,32). The second-order valence-corrected chi connectivity index (χ2v) is 15.0. The molecule has 4 aromatic rings. The second-order valence-electron chi connectivity index (χ2n) is 9.93. The van der Waals surface area contributed by atoms with Crippen LogP contribution in [0.15, 0.2) is 53.5 Å². The lowest BCUT2D eigenvalue weighted by atomic mass is 10.2. The maximum Gasteiger partial charge on any atom is 0.291 e. The van der Waals surface area contributed by atoms with Gasteiger partial charge in [-0.2, -0.15) is 9.97 Å². The van der Waals surface area contributed by atoms with E-state index in [1.807, 2.05) is 23.8 Å². The number of rotatable bonds is 12. The zero-order valence-corrected chi connectivity index (χ0v) is 24.1. The second kappa shape index (κ2) is 12.0. The Labute approximate surface area is 228 Å². The van der Waals surface area contributed by atoms with Crippen LogP contribution in [0.3, 0.4) is 0 Å². The van der Waals surface area contributed by atoms with E-state index in [1.54, 1.807) is 18.6 Å². The van der Waals surface area contributed by atoms with Crippen LogP contribution in [0.5, 0.6) is 23.5 Å². The Kier molecular flexibility index (Phi) is 8.54. The number of aryl methyl sites for hydroxylation is 2. The van der Waals surface area contributed by atoms with E-state index in [1.165, 1.54) is 25.5 Å². The lowest BCUT2D eigenvalue weighted by Crippen LogP contribution is -2.37. The van der Waals surface area contributed by atoms with Crippen molar-refractivity contribution in [2.24, 2.45) is 0 Å². The summed E-state index contributed by atoms with van der Waals surface area (Å²) in [4.78, 5) is 25.8. The van der Waals surface area contributed by atoms with Gasteiger partial charge < -0.3 is 33.8 Å². The molecule has 0 unspecified atom stereocenters. The lowest BCUT2D eigenvalue weighted by Gasteiger charge is -2.18. The Morgan fingerprint density at radius 3 is 2.44 bits per heavy atom. The Morgan fingerprint density at radius 2 is 1.82 bits per heavy atom. The third-order valence-electron chi connectivity index (χ3n) is 5.96. The quantitative estimate of drug-likeness (QED) is 0.191. The summed E-state index contributed by atoms with van der Waals surface area (Å²) in [5.41, 5.74) is 1.19. The number of nitrogens with zero attached hydrogens (tertiary/aromatic N) is 4. The van der Waals surface area contributed by atoms with Crippen LogP contribution in [0.25, 0.3) is 0 Å². The molecule has 0 bridgehead atoms. The highest BCUT2D eigenvalue weighted by Crippen LogP contribution is 2.33. The molecule has 11 nitrogen and oxygen atoms in total. The fourth-order valence-electron chi connectivity index (χ4n) is 3.79. The van der Waals surface area contributed by atoms with Crippen LogP contribution in [-0.2, 0) is 6.54 Å². The molecule has 0 saturated heterocycles. The van der Waals surface area contributed by atoms with Crippen molar-refractivity contribution in [3.8, 4) is 23.5 Å². The first-order valence-electron chi connectivity index (χ1n) is 12.6. The van der Waals surface area contributed by atoms with Crippen molar-refractivity contribution >= 4 is 30.8 Å². The van der Waals surface area contributed by atoms with Gasteiger partial charge in [0.15, 0.2) is 11.4 Å². The Balaban J connectivity index is 1.42. The number of furan rings is 1. The van der Waals surface area contributed by atoms with Crippen LogP contribution in [0, 0.1) is 6.92 Å². The van der Waals surface area contributed by atoms with E-state index in [2.05, 4.69) is 57.4 Å². The van der Waals surface area contributed by atoms with Crippen molar-refractivity contribution in [2.45, 2.75) is 39.5 Å². The molecular weight excluding hydrogens is 516 g/mol. The molecule has 0 saturated carbocycles. The molecule has 0 aliphatic carbocycles. The number of nitrogens with one attached hydrogen (secondary N) is 2. The van der Waals surface area contributed by atoms with Crippen LogP contribution < -0.4 is 30.0 Å². The topological polar surface area (TPSA) is 126 Å². The number of ether oxygens (including phenoxy) is 3. The van der Waals surface area contributed by atoms with E-state index in [9.17, 15) is 4.79 Å². The fraction of sp³-hybridized carbons (Fsp3) is 0.333. The molecule has 0 atom stereocenters. The minimum Gasteiger partial charge on any atom is -0.479 e. The molecule has 206 valence electrons. The van der Waals surface area contributed by atoms with E-state index in [-0.39, 0.29) is 29.2 Å². The number of anilines is 2. The molecule has 0 fully saturated rings. The zero-order chi connectivity index (χ0) is 28.0. The number of hydrogen-bond donors (Lipinski definition) is 2. The molecule has 1 aromatic carbocycles. The molecule has 12 heteroatoms. The lowest BCUT2D eigenvalue weighted by molar-refractivity contribution is 0.0990. The van der Waals surface area contributed by atoms with Gasteiger partial charge in [-0.25, -0.2) is 4.98 Å². The first-order chi connectivity index (χ1) is 18.7. The van der Waals surface area contributed by atoms with Gasteiger partial charge in [0.05, 0.1) is 28.6 Å². The molecule has 3 aromatic heterocycles. The normalized spacial score (nSPS) is 11.2. The highest BCUT2D eigenvalue weighted by atomic mass is 28.3. The average Bonchev–Trinajstić information content (AvgIpc) is 3.60.